The maximum atomic E-state index is 9.97. The summed E-state index contributed by atoms with van der Waals surface area (Å²) in [4.78, 5) is 1.78. The molecular formula is C15H24ClNO4. The lowest BCUT2D eigenvalue weighted by atomic mass is 10.1. The number of nitrogens with zero attached hydrogens (tertiary/aromatic N) is 1. The summed E-state index contributed by atoms with van der Waals surface area (Å²) in [6.45, 7) is 5.10. The van der Waals surface area contributed by atoms with E-state index in [0.717, 1.165) is 16.1 Å². The number of hydrogen-bond acceptors (Lipinski definition) is 5. The summed E-state index contributed by atoms with van der Waals surface area (Å²) < 4.78 is 5.58. The Bertz CT molecular complexity index is 413. The third kappa shape index (κ3) is 6.20. The van der Waals surface area contributed by atoms with Crippen LogP contribution in [0.1, 0.15) is 11.1 Å². The van der Waals surface area contributed by atoms with Gasteiger partial charge in [-0.05, 0) is 37.1 Å². The summed E-state index contributed by atoms with van der Waals surface area (Å²) >= 11 is 6.09. The Morgan fingerprint density at radius 2 is 1.67 bits per heavy atom. The van der Waals surface area contributed by atoms with Crippen LogP contribution >= 0.6 is 11.6 Å². The van der Waals surface area contributed by atoms with E-state index in [1.165, 1.54) is 0 Å². The van der Waals surface area contributed by atoms with Crippen LogP contribution in [0, 0.1) is 13.8 Å². The van der Waals surface area contributed by atoms with Gasteiger partial charge in [0.25, 0.3) is 0 Å². The predicted molar refractivity (Wildman–Crippen MR) is 83.0 cm³/mol. The largest absolute Gasteiger partial charge is 0.491 e. The van der Waals surface area contributed by atoms with Gasteiger partial charge in [-0.1, -0.05) is 11.6 Å². The van der Waals surface area contributed by atoms with Crippen LogP contribution < -0.4 is 4.74 Å². The molecule has 0 amide bonds. The zero-order chi connectivity index (χ0) is 15.8. The Kier molecular flexibility index (Phi) is 8.00. The van der Waals surface area contributed by atoms with Crippen molar-refractivity contribution in [1.82, 2.24) is 4.90 Å². The van der Waals surface area contributed by atoms with Gasteiger partial charge in [-0.25, -0.2) is 0 Å². The molecule has 0 fully saturated rings. The summed E-state index contributed by atoms with van der Waals surface area (Å²) in [7, 11) is 0. The Balaban J connectivity index is 2.50. The minimum absolute atomic E-state index is 0.0108. The van der Waals surface area contributed by atoms with Crippen molar-refractivity contribution in [3.05, 3.63) is 28.3 Å². The molecule has 1 rings (SSSR count). The van der Waals surface area contributed by atoms with E-state index in [2.05, 4.69) is 0 Å². The molecule has 120 valence electrons. The Hall–Kier alpha value is -0.850. The molecule has 0 bridgehead atoms. The van der Waals surface area contributed by atoms with Gasteiger partial charge in [-0.15, -0.1) is 0 Å². The predicted octanol–water partition coefficient (Wildman–Crippen LogP) is 0.983. The van der Waals surface area contributed by atoms with Crippen molar-refractivity contribution in [2.24, 2.45) is 0 Å². The molecule has 0 radical (unpaired) electrons. The molecule has 5 nitrogen and oxygen atoms in total. The van der Waals surface area contributed by atoms with Crippen molar-refractivity contribution in [1.29, 1.82) is 0 Å². The molecule has 1 aromatic rings. The fourth-order valence-corrected chi connectivity index (χ4v) is 2.22. The summed E-state index contributed by atoms with van der Waals surface area (Å²) in [6.07, 6.45) is -0.695. The van der Waals surface area contributed by atoms with E-state index in [9.17, 15) is 5.11 Å². The minimum atomic E-state index is -0.695. The van der Waals surface area contributed by atoms with Gasteiger partial charge in [0.15, 0.2) is 0 Å². The fraction of sp³-hybridized carbons (Fsp3) is 0.600. The Morgan fingerprint density at radius 1 is 1.14 bits per heavy atom. The van der Waals surface area contributed by atoms with Gasteiger partial charge in [0.2, 0.25) is 0 Å². The van der Waals surface area contributed by atoms with Crippen LogP contribution in [-0.4, -0.2) is 65.8 Å². The Morgan fingerprint density at radius 3 is 2.14 bits per heavy atom. The highest BCUT2D eigenvalue weighted by Crippen LogP contribution is 2.25. The smallest absolute Gasteiger partial charge is 0.120 e. The molecule has 21 heavy (non-hydrogen) atoms. The number of ether oxygens (including phenoxy) is 1. The number of benzene rings is 1. The van der Waals surface area contributed by atoms with E-state index in [1.54, 1.807) is 4.90 Å². The van der Waals surface area contributed by atoms with Crippen molar-refractivity contribution in [3.8, 4) is 5.75 Å². The number of aryl methyl sites for hydroxylation is 2. The maximum Gasteiger partial charge on any atom is 0.120 e. The van der Waals surface area contributed by atoms with Gasteiger partial charge < -0.3 is 20.1 Å². The lowest BCUT2D eigenvalue weighted by molar-refractivity contribution is 0.0552. The van der Waals surface area contributed by atoms with Gasteiger partial charge in [0.05, 0.1) is 13.2 Å². The second kappa shape index (κ2) is 9.23. The number of halogens is 1. The molecule has 0 aliphatic heterocycles. The Labute approximate surface area is 130 Å². The zero-order valence-electron chi connectivity index (χ0n) is 12.5. The number of hydrogen-bond donors (Lipinski definition) is 3. The van der Waals surface area contributed by atoms with Crippen LogP contribution in [0.4, 0.5) is 0 Å². The van der Waals surface area contributed by atoms with E-state index in [4.69, 9.17) is 26.6 Å². The number of rotatable bonds is 9. The first-order valence-corrected chi connectivity index (χ1v) is 7.37. The van der Waals surface area contributed by atoms with Crippen molar-refractivity contribution < 1.29 is 20.1 Å². The molecule has 0 saturated carbocycles. The molecule has 0 spiro atoms. The highest BCUT2D eigenvalue weighted by Gasteiger charge is 2.12. The highest BCUT2D eigenvalue weighted by atomic mass is 35.5. The van der Waals surface area contributed by atoms with Crippen molar-refractivity contribution >= 4 is 11.6 Å². The topological polar surface area (TPSA) is 73.2 Å². The van der Waals surface area contributed by atoms with Gasteiger partial charge in [0, 0.05) is 24.7 Å². The third-order valence-electron chi connectivity index (χ3n) is 3.15. The summed E-state index contributed by atoms with van der Waals surface area (Å²) in [6, 6.07) is 3.67. The van der Waals surface area contributed by atoms with Gasteiger partial charge in [0.1, 0.15) is 18.5 Å². The lowest BCUT2D eigenvalue weighted by Gasteiger charge is -2.23. The SMILES string of the molecule is Cc1cc(OC[C@@H](O)CN(CCO)CCO)cc(C)c1Cl. The molecule has 0 aromatic heterocycles. The second-order valence-electron chi connectivity index (χ2n) is 5.08. The average molecular weight is 318 g/mol. The summed E-state index contributed by atoms with van der Waals surface area (Å²) in [5.74, 6) is 0.671. The minimum Gasteiger partial charge on any atom is -0.491 e. The van der Waals surface area contributed by atoms with Crippen LogP contribution in [0.25, 0.3) is 0 Å². The fourth-order valence-electron chi connectivity index (χ4n) is 2.11. The summed E-state index contributed by atoms with van der Waals surface area (Å²) in [5, 5.41) is 28.5. The molecule has 6 heteroatoms. The van der Waals surface area contributed by atoms with Gasteiger partial charge in [-0.3, -0.25) is 4.90 Å². The quantitative estimate of drug-likeness (QED) is 0.633. The normalized spacial score (nSPS) is 12.7. The first-order chi connectivity index (χ1) is 9.97. The zero-order valence-corrected chi connectivity index (χ0v) is 13.3. The van der Waals surface area contributed by atoms with Crippen LogP contribution in [0.2, 0.25) is 5.02 Å². The average Bonchev–Trinajstić information content (AvgIpc) is 2.43. The molecule has 0 unspecified atom stereocenters. The maximum absolute atomic E-state index is 9.97. The molecule has 1 atom stereocenters. The standard InChI is InChI=1S/C15H24ClNO4/c1-11-7-14(8-12(2)15(11)16)21-10-13(20)9-17(3-5-18)4-6-19/h7-8,13,18-20H,3-6,9-10H2,1-2H3/t13-/m0/s1. The van der Waals surface area contributed by atoms with Crippen molar-refractivity contribution in [2.45, 2.75) is 20.0 Å². The molecule has 0 saturated heterocycles. The molecule has 0 heterocycles. The van der Waals surface area contributed by atoms with Crippen LogP contribution in [0.5, 0.6) is 5.75 Å². The number of aliphatic hydroxyl groups excluding tert-OH is 3. The van der Waals surface area contributed by atoms with E-state index in [1.807, 2.05) is 26.0 Å². The molecular weight excluding hydrogens is 294 g/mol. The molecule has 3 N–H and O–H groups in total. The van der Waals surface area contributed by atoms with E-state index in [-0.39, 0.29) is 19.8 Å². The number of aliphatic hydroxyl groups is 3. The van der Waals surface area contributed by atoms with Crippen LogP contribution in [0.3, 0.4) is 0 Å². The van der Waals surface area contributed by atoms with Gasteiger partial charge >= 0.3 is 0 Å². The first-order valence-electron chi connectivity index (χ1n) is 6.99. The van der Waals surface area contributed by atoms with Crippen molar-refractivity contribution in [2.75, 3.05) is 39.5 Å². The van der Waals surface area contributed by atoms with Crippen molar-refractivity contribution in [3.63, 3.8) is 0 Å². The van der Waals surface area contributed by atoms with Gasteiger partial charge in [-0.2, -0.15) is 0 Å². The lowest BCUT2D eigenvalue weighted by Crippen LogP contribution is -2.38. The summed E-state index contributed by atoms with van der Waals surface area (Å²) in [5.41, 5.74) is 1.87. The van der Waals surface area contributed by atoms with Crippen LogP contribution in [-0.2, 0) is 0 Å². The third-order valence-corrected chi connectivity index (χ3v) is 3.75. The van der Waals surface area contributed by atoms with E-state index in [0.29, 0.717) is 25.4 Å². The van der Waals surface area contributed by atoms with Crippen LogP contribution in [0.15, 0.2) is 12.1 Å². The monoisotopic (exact) mass is 317 g/mol. The first kappa shape index (κ1) is 18.2. The second-order valence-corrected chi connectivity index (χ2v) is 5.46. The molecule has 1 aromatic carbocycles. The molecule has 0 aliphatic carbocycles. The van der Waals surface area contributed by atoms with E-state index >= 15 is 0 Å². The van der Waals surface area contributed by atoms with E-state index < -0.39 is 6.10 Å². The highest BCUT2D eigenvalue weighted by molar-refractivity contribution is 6.32. The molecule has 0 aliphatic rings.